The van der Waals surface area contributed by atoms with E-state index in [1.807, 2.05) is 0 Å². The van der Waals surface area contributed by atoms with Gasteiger partial charge in [0.2, 0.25) is 5.28 Å². The third-order valence-corrected chi connectivity index (χ3v) is 2.98. The molecule has 3 nitrogen and oxygen atoms in total. The van der Waals surface area contributed by atoms with E-state index in [0.29, 0.717) is 17.2 Å². The second-order valence-corrected chi connectivity index (χ2v) is 4.56. The summed E-state index contributed by atoms with van der Waals surface area (Å²) in [4.78, 5) is 0. The molecule has 0 bridgehead atoms. The van der Waals surface area contributed by atoms with Crippen molar-refractivity contribution in [1.82, 2.24) is 14.8 Å². The predicted molar refractivity (Wildman–Crippen MR) is 63.2 cm³/mol. The number of nitrogens with zero attached hydrogens (tertiary/aromatic N) is 3. The van der Waals surface area contributed by atoms with Gasteiger partial charge in [-0.1, -0.05) is 27.7 Å². The zero-order chi connectivity index (χ0) is 11.4. The number of rotatable bonds is 5. The lowest BCUT2D eigenvalue weighted by atomic mass is 10.0. The normalized spacial score (nSPS) is 13.5. The fraction of sp³-hybridized carbons (Fsp3) is 0.818. The van der Waals surface area contributed by atoms with Crippen LogP contribution in [0, 0.1) is 5.92 Å². The van der Waals surface area contributed by atoms with Crippen LogP contribution in [0.15, 0.2) is 0 Å². The Hall–Kier alpha value is -0.570. The summed E-state index contributed by atoms with van der Waals surface area (Å²) in [6.45, 7) is 8.74. The molecule has 0 aliphatic rings. The van der Waals surface area contributed by atoms with E-state index in [0.717, 1.165) is 25.1 Å². The predicted octanol–water partition coefficient (Wildman–Crippen LogP) is 3.49. The van der Waals surface area contributed by atoms with Crippen molar-refractivity contribution in [2.45, 2.75) is 53.0 Å². The highest BCUT2D eigenvalue weighted by atomic mass is 35.5. The highest BCUT2D eigenvalue weighted by Crippen LogP contribution is 2.26. The number of hydrogen-bond donors (Lipinski definition) is 0. The minimum absolute atomic E-state index is 0.411. The van der Waals surface area contributed by atoms with Crippen LogP contribution in [0.3, 0.4) is 0 Å². The van der Waals surface area contributed by atoms with Crippen LogP contribution in [0.1, 0.15) is 52.4 Å². The Morgan fingerprint density at radius 3 is 2.40 bits per heavy atom. The molecule has 0 amide bonds. The van der Waals surface area contributed by atoms with Gasteiger partial charge in [-0.05, 0) is 30.4 Å². The van der Waals surface area contributed by atoms with E-state index in [9.17, 15) is 0 Å². The Morgan fingerprint density at radius 1 is 1.27 bits per heavy atom. The highest BCUT2D eigenvalue weighted by Gasteiger charge is 2.20. The summed E-state index contributed by atoms with van der Waals surface area (Å²) in [5.74, 6) is 1.57. The Labute approximate surface area is 96.8 Å². The Morgan fingerprint density at radius 2 is 1.93 bits per heavy atom. The van der Waals surface area contributed by atoms with Crippen molar-refractivity contribution in [3.63, 3.8) is 0 Å². The van der Waals surface area contributed by atoms with Crippen LogP contribution in [0.2, 0.25) is 5.28 Å². The lowest BCUT2D eigenvalue weighted by molar-refractivity contribution is 0.355. The fourth-order valence-electron chi connectivity index (χ4n) is 1.98. The number of halogens is 1. The SMILES string of the molecule is CCCc1nnc(Cl)n1C(CC)C(C)C. The van der Waals surface area contributed by atoms with Crippen molar-refractivity contribution in [1.29, 1.82) is 0 Å². The molecule has 1 unspecified atom stereocenters. The first-order valence-electron chi connectivity index (χ1n) is 5.71. The minimum Gasteiger partial charge on any atom is -0.298 e. The van der Waals surface area contributed by atoms with Gasteiger partial charge in [-0.3, -0.25) is 4.57 Å². The van der Waals surface area contributed by atoms with Gasteiger partial charge in [-0.15, -0.1) is 10.2 Å². The van der Waals surface area contributed by atoms with Gasteiger partial charge in [0.15, 0.2) is 0 Å². The average molecular weight is 230 g/mol. The molecule has 1 aromatic rings. The molecule has 1 heterocycles. The summed E-state index contributed by atoms with van der Waals surface area (Å²) in [7, 11) is 0. The summed E-state index contributed by atoms with van der Waals surface area (Å²) in [6, 6.07) is 0.411. The maximum absolute atomic E-state index is 6.09. The van der Waals surface area contributed by atoms with Crippen LogP contribution in [0.4, 0.5) is 0 Å². The fourth-order valence-corrected chi connectivity index (χ4v) is 2.24. The maximum atomic E-state index is 6.09. The van der Waals surface area contributed by atoms with Gasteiger partial charge < -0.3 is 0 Å². The highest BCUT2D eigenvalue weighted by molar-refractivity contribution is 6.28. The van der Waals surface area contributed by atoms with E-state index in [-0.39, 0.29) is 0 Å². The Kier molecular flexibility index (Phi) is 4.58. The zero-order valence-electron chi connectivity index (χ0n) is 10.00. The van der Waals surface area contributed by atoms with Crippen molar-refractivity contribution in [2.24, 2.45) is 5.92 Å². The van der Waals surface area contributed by atoms with Crippen molar-refractivity contribution in [2.75, 3.05) is 0 Å². The van der Waals surface area contributed by atoms with Gasteiger partial charge in [0.1, 0.15) is 5.82 Å². The first-order valence-corrected chi connectivity index (χ1v) is 6.08. The van der Waals surface area contributed by atoms with Crippen LogP contribution in [-0.4, -0.2) is 14.8 Å². The van der Waals surface area contributed by atoms with Gasteiger partial charge in [0.25, 0.3) is 0 Å². The summed E-state index contributed by atoms with van der Waals surface area (Å²) < 4.78 is 2.09. The molecule has 1 atom stereocenters. The molecule has 1 aromatic heterocycles. The molecule has 0 saturated heterocycles. The van der Waals surface area contributed by atoms with E-state index in [1.165, 1.54) is 0 Å². The van der Waals surface area contributed by atoms with Gasteiger partial charge in [0.05, 0.1) is 0 Å². The molecule has 86 valence electrons. The van der Waals surface area contributed by atoms with Crippen LogP contribution in [-0.2, 0) is 6.42 Å². The third-order valence-electron chi connectivity index (χ3n) is 2.72. The van der Waals surface area contributed by atoms with E-state index in [1.54, 1.807) is 0 Å². The summed E-state index contributed by atoms with van der Waals surface area (Å²) in [5, 5.41) is 8.63. The molecule has 1 rings (SSSR count). The number of hydrogen-bond acceptors (Lipinski definition) is 2. The van der Waals surface area contributed by atoms with E-state index in [4.69, 9.17) is 11.6 Å². The summed E-state index contributed by atoms with van der Waals surface area (Å²) in [5.41, 5.74) is 0. The minimum atomic E-state index is 0.411. The second-order valence-electron chi connectivity index (χ2n) is 4.22. The number of aromatic nitrogens is 3. The molecular weight excluding hydrogens is 210 g/mol. The summed E-state index contributed by atoms with van der Waals surface area (Å²) in [6.07, 6.45) is 3.08. The maximum Gasteiger partial charge on any atom is 0.225 e. The standard InChI is InChI=1S/C11H20ClN3/c1-5-7-10-13-14-11(12)15(10)9(6-2)8(3)4/h8-9H,5-7H2,1-4H3. The molecule has 0 spiro atoms. The van der Waals surface area contributed by atoms with Gasteiger partial charge in [-0.2, -0.15) is 0 Å². The molecule has 4 heteroatoms. The average Bonchev–Trinajstić information content (AvgIpc) is 2.51. The lowest BCUT2D eigenvalue weighted by Gasteiger charge is -2.22. The van der Waals surface area contributed by atoms with E-state index >= 15 is 0 Å². The molecule has 0 fully saturated rings. The molecular formula is C11H20ClN3. The first kappa shape index (κ1) is 12.5. The molecule has 0 radical (unpaired) electrons. The van der Waals surface area contributed by atoms with Crippen molar-refractivity contribution >= 4 is 11.6 Å². The second kappa shape index (κ2) is 5.50. The molecule has 0 aromatic carbocycles. The third kappa shape index (κ3) is 2.71. The van der Waals surface area contributed by atoms with Gasteiger partial charge in [-0.25, -0.2) is 0 Å². The number of aryl methyl sites for hydroxylation is 1. The Balaban J connectivity index is 3.03. The van der Waals surface area contributed by atoms with Crippen molar-refractivity contribution < 1.29 is 0 Å². The molecule has 0 saturated carbocycles. The van der Waals surface area contributed by atoms with Crippen LogP contribution >= 0.6 is 11.6 Å². The molecule has 15 heavy (non-hydrogen) atoms. The lowest BCUT2D eigenvalue weighted by Crippen LogP contribution is -2.17. The molecule has 0 aliphatic carbocycles. The van der Waals surface area contributed by atoms with Gasteiger partial charge in [0, 0.05) is 12.5 Å². The zero-order valence-corrected chi connectivity index (χ0v) is 10.8. The van der Waals surface area contributed by atoms with E-state index in [2.05, 4.69) is 42.5 Å². The van der Waals surface area contributed by atoms with Gasteiger partial charge >= 0.3 is 0 Å². The summed E-state index contributed by atoms with van der Waals surface area (Å²) >= 11 is 6.09. The monoisotopic (exact) mass is 229 g/mol. The van der Waals surface area contributed by atoms with E-state index < -0.39 is 0 Å². The Bertz CT molecular complexity index is 307. The van der Waals surface area contributed by atoms with Crippen LogP contribution < -0.4 is 0 Å². The van der Waals surface area contributed by atoms with Crippen LogP contribution in [0.5, 0.6) is 0 Å². The smallest absolute Gasteiger partial charge is 0.225 e. The first-order chi connectivity index (χ1) is 7.11. The van der Waals surface area contributed by atoms with Crippen molar-refractivity contribution in [3.05, 3.63) is 11.1 Å². The molecule has 0 aliphatic heterocycles. The topological polar surface area (TPSA) is 30.7 Å². The largest absolute Gasteiger partial charge is 0.298 e. The van der Waals surface area contributed by atoms with Crippen LogP contribution in [0.25, 0.3) is 0 Å². The van der Waals surface area contributed by atoms with Crippen molar-refractivity contribution in [3.8, 4) is 0 Å². The molecule has 0 N–H and O–H groups in total. The quantitative estimate of drug-likeness (QED) is 0.774.